The van der Waals surface area contributed by atoms with Crippen LogP contribution in [0.4, 0.5) is 0 Å². The molecule has 0 aliphatic heterocycles. The first kappa shape index (κ1) is 14.3. The molecule has 0 spiro atoms. The van der Waals surface area contributed by atoms with Gasteiger partial charge in [0.1, 0.15) is 6.61 Å². The Morgan fingerprint density at radius 2 is 2.11 bits per heavy atom. The second-order valence-electron chi connectivity index (χ2n) is 3.35. The number of rotatable bonds is 5. The first-order chi connectivity index (χ1) is 8.34. The average Bonchev–Trinajstić information content (AvgIpc) is 2.83. The van der Waals surface area contributed by atoms with E-state index in [9.17, 15) is 4.79 Å². The Labute approximate surface area is 114 Å². The van der Waals surface area contributed by atoms with Crippen LogP contribution in [0.15, 0.2) is 41.4 Å². The molecular formula is C11H12BrN3O3. The van der Waals surface area contributed by atoms with Crippen molar-refractivity contribution in [3.8, 4) is 0 Å². The summed E-state index contributed by atoms with van der Waals surface area (Å²) in [6.07, 6.45) is 5.36. The molecule has 2 aromatic rings. The van der Waals surface area contributed by atoms with Crippen LogP contribution < -0.4 is 21.5 Å². The topological polar surface area (TPSA) is 69.1 Å². The van der Waals surface area contributed by atoms with Gasteiger partial charge in [0, 0.05) is 12.1 Å². The summed E-state index contributed by atoms with van der Waals surface area (Å²) in [5.41, 5.74) is 0. The predicted molar refractivity (Wildman–Crippen MR) is 55.6 cm³/mol. The average molecular weight is 314 g/mol. The van der Waals surface area contributed by atoms with Crippen LogP contribution in [0, 0.1) is 0 Å². The smallest absolute Gasteiger partial charge is 0.372 e. The number of carbonyl (C=O) groups excluding carboxylic acids is 1. The molecule has 2 aromatic heterocycles. The summed E-state index contributed by atoms with van der Waals surface area (Å²) in [5, 5.41) is 3.46. The van der Waals surface area contributed by atoms with Crippen molar-refractivity contribution in [3.63, 3.8) is 0 Å². The van der Waals surface area contributed by atoms with Crippen LogP contribution in [0.25, 0.3) is 0 Å². The Bertz CT molecular complexity index is 462. The maximum Gasteiger partial charge on any atom is 0.372 e. The van der Waals surface area contributed by atoms with Gasteiger partial charge in [-0.3, -0.25) is 0 Å². The van der Waals surface area contributed by atoms with Crippen LogP contribution in [0.2, 0.25) is 0 Å². The van der Waals surface area contributed by atoms with E-state index in [1.165, 1.54) is 6.33 Å². The minimum absolute atomic E-state index is 0. The third kappa shape index (κ3) is 4.62. The maximum absolute atomic E-state index is 11.4. The molecule has 6 nitrogen and oxygen atoms in total. The fourth-order valence-corrected chi connectivity index (χ4v) is 1.29. The first-order valence-corrected chi connectivity index (χ1v) is 5.20. The van der Waals surface area contributed by atoms with E-state index in [2.05, 4.69) is 10.1 Å². The van der Waals surface area contributed by atoms with Gasteiger partial charge in [-0.15, -0.1) is 0 Å². The van der Waals surface area contributed by atoms with Gasteiger partial charge in [0.2, 0.25) is 12.4 Å². The Balaban J connectivity index is 0.00000162. The quantitative estimate of drug-likeness (QED) is 0.439. The van der Waals surface area contributed by atoms with E-state index in [0.29, 0.717) is 12.3 Å². The summed E-state index contributed by atoms with van der Waals surface area (Å²) in [7, 11) is 0. The Morgan fingerprint density at radius 3 is 2.78 bits per heavy atom. The summed E-state index contributed by atoms with van der Waals surface area (Å²) < 4.78 is 11.6. The van der Waals surface area contributed by atoms with Crippen molar-refractivity contribution in [1.29, 1.82) is 0 Å². The van der Waals surface area contributed by atoms with Gasteiger partial charge >= 0.3 is 5.97 Å². The number of halogens is 1. The molecular weight excluding hydrogens is 302 g/mol. The highest BCUT2D eigenvalue weighted by molar-refractivity contribution is 5.67. The van der Waals surface area contributed by atoms with Crippen molar-refractivity contribution in [2.75, 3.05) is 6.61 Å². The number of ether oxygens (including phenoxy) is 1. The van der Waals surface area contributed by atoms with Crippen molar-refractivity contribution >= 4 is 5.97 Å². The fourth-order valence-electron chi connectivity index (χ4n) is 1.29. The molecule has 0 aliphatic carbocycles. The van der Waals surface area contributed by atoms with Gasteiger partial charge in [0.05, 0.1) is 6.42 Å². The van der Waals surface area contributed by atoms with E-state index < -0.39 is 0 Å². The lowest BCUT2D eigenvalue weighted by atomic mass is 10.4. The fraction of sp³-hybridized carbons (Fsp3) is 0.273. The van der Waals surface area contributed by atoms with Crippen molar-refractivity contribution in [3.05, 3.63) is 42.8 Å². The summed E-state index contributed by atoms with van der Waals surface area (Å²) in [6, 6.07) is 5.59. The molecule has 0 aliphatic rings. The maximum atomic E-state index is 11.4. The Hall–Kier alpha value is -1.76. The van der Waals surface area contributed by atoms with Gasteiger partial charge in [-0.1, -0.05) is 11.2 Å². The first-order valence-electron chi connectivity index (χ1n) is 5.20. The number of carbonyl (C=O) groups is 1. The SMILES string of the molecule is O=C(C[n+]1ccccc1)OCCc1ncno1.[Br-]. The molecule has 7 heteroatoms. The van der Waals surface area contributed by atoms with Gasteiger partial charge in [-0.05, 0) is 0 Å². The van der Waals surface area contributed by atoms with Gasteiger partial charge in [-0.2, -0.15) is 9.55 Å². The molecule has 2 rings (SSSR count). The number of hydrogen-bond acceptors (Lipinski definition) is 5. The normalized spacial score (nSPS) is 9.56. The minimum Gasteiger partial charge on any atom is -1.00 e. The lowest BCUT2D eigenvalue weighted by Gasteiger charge is -2.00. The van der Waals surface area contributed by atoms with Crippen molar-refractivity contribution in [2.24, 2.45) is 0 Å². The zero-order chi connectivity index (χ0) is 11.9. The van der Waals surface area contributed by atoms with Crippen LogP contribution in [0.5, 0.6) is 0 Å². The Kier molecular flexibility index (Phi) is 5.99. The predicted octanol–water partition coefficient (Wildman–Crippen LogP) is -2.85. The molecule has 0 N–H and O–H groups in total. The van der Waals surface area contributed by atoms with E-state index in [1.54, 1.807) is 17.0 Å². The van der Waals surface area contributed by atoms with Gasteiger partial charge in [0.25, 0.3) is 0 Å². The van der Waals surface area contributed by atoms with Gasteiger partial charge in [0.15, 0.2) is 18.7 Å². The Morgan fingerprint density at radius 1 is 1.33 bits per heavy atom. The van der Waals surface area contributed by atoms with E-state index in [1.807, 2.05) is 18.2 Å². The number of aromatic nitrogens is 3. The highest BCUT2D eigenvalue weighted by atomic mass is 79.9. The molecule has 0 aromatic carbocycles. The minimum atomic E-state index is -0.291. The van der Waals surface area contributed by atoms with E-state index in [0.717, 1.165) is 0 Å². The zero-order valence-electron chi connectivity index (χ0n) is 9.53. The molecule has 0 unspecified atom stereocenters. The van der Waals surface area contributed by atoms with E-state index in [4.69, 9.17) is 9.26 Å². The highest BCUT2D eigenvalue weighted by Crippen LogP contribution is 1.93. The second kappa shape index (κ2) is 7.54. The molecule has 0 saturated heterocycles. The summed E-state index contributed by atoms with van der Waals surface area (Å²) >= 11 is 0. The number of esters is 1. The number of nitrogens with zero attached hydrogens (tertiary/aromatic N) is 3. The molecule has 0 radical (unpaired) electrons. The van der Waals surface area contributed by atoms with E-state index in [-0.39, 0.29) is 36.1 Å². The molecule has 0 bridgehead atoms. The summed E-state index contributed by atoms with van der Waals surface area (Å²) in [6.45, 7) is 0.444. The molecule has 2 heterocycles. The van der Waals surface area contributed by atoms with Crippen molar-refractivity contribution in [2.45, 2.75) is 13.0 Å². The summed E-state index contributed by atoms with van der Waals surface area (Å²) in [4.78, 5) is 15.3. The molecule has 96 valence electrons. The third-order valence-corrected chi connectivity index (χ3v) is 2.07. The monoisotopic (exact) mass is 313 g/mol. The highest BCUT2D eigenvalue weighted by Gasteiger charge is 2.10. The molecule has 18 heavy (non-hydrogen) atoms. The van der Waals surface area contributed by atoms with Crippen LogP contribution in [-0.2, 0) is 22.5 Å². The van der Waals surface area contributed by atoms with Crippen molar-refractivity contribution in [1.82, 2.24) is 10.1 Å². The van der Waals surface area contributed by atoms with Gasteiger partial charge < -0.3 is 26.2 Å². The van der Waals surface area contributed by atoms with Crippen LogP contribution >= 0.6 is 0 Å². The molecule has 0 amide bonds. The number of hydrogen-bond donors (Lipinski definition) is 0. The standard InChI is InChI=1S/C11H12N3O3.BrH/c15-11(8-14-5-2-1-3-6-14)16-7-4-10-12-9-13-17-10;/h1-3,5-6,9H,4,7-8H2;1H/q+1;/p-1. The number of pyridine rings is 1. The van der Waals surface area contributed by atoms with Gasteiger partial charge in [-0.25, -0.2) is 4.79 Å². The van der Waals surface area contributed by atoms with Crippen LogP contribution in [0.3, 0.4) is 0 Å². The van der Waals surface area contributed by atoms with Crippen LogP contribution in [-0.4, -0.2) is 22.7 Å². The lowest BCUT2D eigenvalue weighted by molar-refractivity contribution is -0.686. The van der Waals surface area contributed by atoms with Crippen molar-refractivity contribution < 1.29 is 35.6 Å². The molecule has 0 fully saturated rings. The third-order valence-electron chi connectivity index (χ3n) is 2.07. The zero-order valence-corrected chi connectivity index (χ0v) is 11.1. The summed E-state index contributed by atoms with van der Waals surface area (Å²) in [5.74, 6) is 0.172. The van der Waals surface area contributed by atoms with Crippen LogP contribution in [0.1, 0.15) is 5.89 Å². The van der Waals surface area contributed by atoms with E-state index >= 15 is 0 Å². The molecule has 0 saturated carbocycles. The lowest BCUT2D eigenvalue weighted by Crippen LogP contribution is -3.00. The molecule has 0 atom stereocenters. The second-order valence-corrected chi connectivity index (χ2v) is 3.35. The largest absolute Gasteiger partial charge is 1.00 e.